The second kappa shape index (κ2) is 9.17. The molecule has 1 unspecified atom stereocenters. The van der Waals surface area contributed by atoms with E-state index in [0.29, 0.717) is 0 Å². The highest BCUT2D eigenvalue weighted by Crippen LogP contribution is 2.22. The standard InChI is InChI=1S/C8H16N2.C3H8.C2H6/c1-9-5-3-7-10-6-2-4-8(9)10;1-3-2;1-2/h8H,2-7H2,1H3;3H2,1-2H3;1-2H3. The maximum Gasteiger partial charge on any atom is 0.0620 e. The second-order valence-corrected chi connectivity index (χ2v) is 4.20. The molecule has 0 amide bonds. The molecule has 2 heteroatoms. The van der Waals surface area contributed by atoms with Gasteiger partial charge in [-0.3, -0.25) is 9.80 Å². The van der Waals surface area contributed by atoms with E-state index in [1.54, 1.807) is 0 Å². The van der Waals surface area contributed by atoms with Crippen LogP contribution in [0.15, 0.2) is 0 Å². The molecule has 0 spiro atoms. The Balaban J connectivity index is 0.000000342. The van der Waals surface area contributed by atoms with Crippen LogP contribution in [0.5, 0.6) is 0 Å². The Kier molecular flexibility index (Phi) is 9.12. The molecule has 2 heterocycles. The van der Waals surface area contributed by atoms with E-state index < -0.39 is 0 Å². The van der Waals surface area contributed by atoms with Crippen LogP contribution >= 0.6 is 0 Å². The van der Waals surface area contributed by atoms with E-state index in [9.17, 15) is 0 Å². The molecule has 15 heavy (non-hydrogen) atoms. The fourth-order valence-electron chi connectivity index (χ4n) is 2.24. The van der Waals surface area contributed by atoms with Crippen LogP contribution in [0.1, 0.15) is 53.4 Å². The first kappa shape index (κ1) is 14.9. The van der Waals surface area contributed by atoms with Crippen molar-refractivity contribution in [3.05, 3.63) is 0 Å². The maximum absolute atomic E-state index is 2.61. The first-order valence-corrected chi connectivity index (χ1v) is 6.73. The molecule has 0 saturated carbocycles. The normalized spacial score (nSPS) is 25.8. The van der Waals surface area contributed by atoms with Crippen LogP contribution in [-0.2, 0) is 0 Å². The quantitative estimate of drug-likeness (QED) is 0.611. The summed E-state index contributed by atoms with van der Waals surface area (Å²) in [5.74, 6) is 0. The molecule has 0 aromatic carbocycles. The van der Waals surface area contributed by atoms with Gasteiger partial charge < -0.3 is 0 Å². The van der Waals surface area contributed by atoms with Crippen molar-refractivity contribution < 1.29 is 0 Å². The van der Waals surface area contributed by atoms with Gasteiger partial charge in [0.1, 0.15) is 0 Å². The van der Waals surface area contributed by atoms with Gasteiger partial charge in [0.25, 0.3) is 0 Å². The average Bonchev–Trinajstić information content (AvgIpc) is 2.71. The summed E-state index contributed by atoms with van der Waals surface area (Å²) in [5, 5.41) is 0. The lowest BCUT2D eigenvalue weighted by atomic mass is 10.2. The molecule has 2 rings (SSSR count). The van der Waals surface area contributed by atoms with Crippen molar-refractivity contribution in [3.8, 4) is 0 Å². The number of rotatable bonds is 0. The summed E-state index contributed by atoms with van der Waals surface area (Å²) < 4.78 is 0. The zero-order valence-corrected chi connectivity index (χ0v) is 11.4. The molecule has 0 aromatic rings. The maximum atomic E-state index is 2.61. The molecule has 0 N–H and O–H groups in total. The fraction of sp³-hybridized carbons (Fsp3) is 1.00. The minimum Gasteiger partial charge on any atom is -0.291 e. The summed E-state index contributed by atoms with van der Waals surface area (Å²) in [6, 6.07) is 0. The van der Waals surface area contributed by atoms with Gasteiger partial charge in [0.05, 0.1) is 6.17 Å². The molecule has 2 fully saturated rings. The SMILES string of the molecule is CC.CCC.CN1CCCN2CCCC12. The van der Waals surface area contributed by atoms with Gasteiger partial charge in [0.15, 0.2) is 0 Å². The smallest absolute Gasteiger partial charge is 0.0620 e. The summed E-state index contributed by atoms with van der Waals surface area (Å²) in [4.78, 5) is 5.11. The molecular weight excluding hydrogens is 184 g/mol. The molecule has 2 saturated heterocycles. The lowest BCUT2D eigenvalue weighted by Crippen LogP contribution is -2.48. The molecule has 2 aliphatic rings. The lowest BCUT2D eigenvalue weighted by molar-refractivity contribution is 0.0560. The third kappa shape index (κ3) is 4.98. The molecule has 0 radical (unpaired) electrons. The van der Waals surface area contributed by atoms with Crippen molar-refractivity contribution in [2.75, 3.05) is 26.7 Å². The van der Waals surface area contributed by atoms with Crippen molar-refractivity contribution in [3.63, 3.8) is 0 Å². The Morgan fingerprint density at radius 3 is 2.07 bits per heavy atom. The van der Waals surface area contributed by atoms with Crippen molar-refractivity contribution in [1.82, 2.24) is 9.80 Å². The molecule has 0 aromatic heterocycles. The Hall–Kier alpha value is -0.0800. The highest BCUT2D eigenvalue weighted by molar-refractivity contribution is 4.81. The molecule has 0 bridgehead atoms. The minimum atomic E-state index is 0.800. The van der Waals surface area contributed by atoms with Crippen molar-refractivity contribution in [2.24, 2.45) is 0 Å². The summed E-state index contributed by atoms with van der Waals surface area (Å²) >= 11 is 0. The summed E-state index contributed by atoms with van der Waals surface area (Å²) in [5.41, 5.74) is 0. The van der Waals surface area contributed by atoms with Crippen molar-refractivity contribution in [1.29, 1.82) is 0 Å². The zero-order chi connectivity index (χ0) is 11.7. The second-order valence-electron chi connectivity index (χ2n) is 4.20. The largest absolute Gasteiger partial charge is 0.291 e. The van der Waals surface area contributed by atoms with E-state index in [-0.39, 0.29) is 0 Å². The highest BCUT2D eigenvalue weighted by atomic mass is 15.4. The van der Waals surface area contributed by atoms with E-state index in [2.05, 4.69) is 30.7 Å². The number of fused-ring (bicyclic) bond motifs is 1. The highest BCUT2D eigenvalue weighted by Gasteiger charge is 2.29. The Bertz CT molecular complexity index is 136. The minimum absolute atomic E-state index is 0.800. The van der Waals surface area contributed by atoms with Crippen molar-refractivity contribution >= 4 is 0 Å². The molecule has 92 valence electrons. The Morgan fingerprint density at radius 1 is 1.00 bits per heavy atom. The number of hydrogen-bond donors (Lipinski definition) is 0. The van der Waals surface area contributed by atoms with Crippen LogP contribution in [0.2, 0.25) is 0 Å². The third-order valence-electron chi connectivity index (χ3n) is 2.79. The van der Waals surface area contributed by atoms with Gasteiger partial charge in [-0.2, -0.15) is 0 Å². The third-order valence-corrected chi connectivity index (χ3v) is 2.79. The number of nitrogens with zero attached hydrogens (tertiary/aromatic N) is 2. The van der Waals surface area contributed by atoms with Crippen LogP contribution in [0.25, 0.3) is 0 Å². The molecular formula is C13H30N2. The van der Waals surface area contributed by atoms with Gasteiger partial charge in [-0.05, 0) is 32.9 Å². The van der Waals surface area contributed by atoms with Crippen LogP contribution < -0.4 is 0 Å². The van der Waals surface area contributed by atoms with Gasteiger partial charge in [0, 0.05) is 13.1 Å². The van der Waals surface area contributed by atoms with Gasteiger partial charge >= 0.3 is 0 Å². The molecule has 1 atom stereocenters. The number of hydrogen-bond acceptors (Lipinski definition) is 2. The zero-order valence-electron chi connectivity index (χ0n) is 11.4. The summed E-state index contributed by atoms with van der Waals surface area (Å²) in [7, 11) is 2.25. The summed E-state index contributed by atoms with van der Waals surface area (Å²) in [6.45, 7) is 12.2. The van der Waals surface area contributed by atoms with Crippen molar-refractivity contribution in [2.45, 2.75) is 59.5 Å². The topological polar surface area (TPSA) is 6.48 Å². The van der Waals surface area contributed by atoms with Gasteiger partial charge in [-0.15, -0.1) is 0 Å². The van der Waals surface area contributed by atoms with Crippen LogP contribution in [0.3, 0.4) is 0 Å². The summed E-state index contributed by atoms with van der Waals surface area (Å²) in [6.07, 6.45) is 6.23. The van der Waals surface area contributed by atoms with Crippen LogP contribution in [-0.4, -0.2) is 42.6 Å². The lowest BCUT2D eigenvalue weighted by Gasteiger charge is -2.37. The predicted molar refractivity (Wildman–Crippen MR) is 69.2 cm³/mol. The van der Waals surface area contributed by atoms with E-state index >= 15 is 0 Å². The molecule has 0 aliphatic carbocycles. The Morgan fingerprint density at radius 2 is 1.53 bits per heavy atom. The van der Waals surface area contributed by atoms with E-state index in [4.69, 9.17) is 0 Å². The Labute approximate surface area is 96.6 Å². The fourth-order valence-corrected chi connectivity index (χ4v) is 2.24. The van der Waals surface area contributed by atoms with E-state index in [1.165, 1.54) is 45.3 Å². The monoisotopic (exact) mass is 214 g/mol. The predicted octanol–water partition coefficient (Wildman–Crippen LogP) is 3.19. The van der Waals surface area contributed by atoms with E-state index in [0.717, 1.165) is 6.17 Å². The van der Waals surface area contributed by atoms with Gasteiger partial charge in [-0.1, -0.05) is 34.1 Å². The first-order valence-electron chi connectivity index (χ1n) is 6.73. The van der Waals surface area contributed by atoms with E-state index in [1.807, 2.05) is 13.8 Å². The molecule has 2 nitrogen and oxygen atoms in total. The van der Waals surface area contributed by atoms with Gasteiger partial charge in [-0.25, -0.2) is 0 Å². The van der Waals surface area contributed by atoms with Crippen LogP contribution in [0, 0.1) is 0 Å². The van der Waals surface area contributed by atoms with Gasteiger partial charge in [0.2, 0.25) is 0 Å². The average molecular weight is 214 g/mol. The molecule has 2 aliphatic heterocycles. The van der Waals surface area contributed by atoms with Crippen LogP contribution in [0.4, 0.5) is 0 Å². The first-order chi connectivity index (χ1) is 7.29.